The quantitative estimate of drug-likeness (QED) is 0.0946. The van der Waals surface area contributed by atoms with E-state index < -0.39 is 5.97 Å². The van der Waals surface area contributed by atoms with Crippen molar-refractivity contribution in [2.75, 3.05) is 0 Å². The third-order valence-electron chi connectivity index (χ3n) is 5.92. The van der Waals surface area contributed by atoms with Crippen LogP contribution in [0.2, 0.25) is 0 Å². The van der Waals surface area contributed by atoms with Crippen LogP contribution in [-0.2, 0) is 14.3 Å². The van der Waals surface area contributed by atoms with E-state index in [4.69, 9.17) is 0 Å². The van der Waals surface area contributed by atoms with Gasteiger partial charge in [-0.3, -0.25) is 9.59 Å². The Kier molecular flexibility index (Phi) is 15.8. The van der Waals surface area contributed by atoms with Crippen molar-refractivity contribution in [3.8, 4) is 0 Å². The molecule has 0 aromatic heterocycles. The topological polar surface area (TPSA) is 43.4 Å². The second-order valence-electron chi connectivity index (χ2n) is 9.31. The number of unbranched alkanes of at least 4 members (excludes halogenated alkanes) is 15. The lowest BCUT2D eigenvalue weighted by atomic mass is 10.0. The lowest BCUT2D eigenvalue weighted by Crippen LogP contribution is -2.03. The Morgan fingerprint density at radius 1 is 0.759 bits per heavy atom. The molecule has 0 aliphatic carbocycles. The van der Waals surface area contributed by atoms with Crippen molar-refractivity contribution in [3.05, 3.63) is 12.2 Å². The van der Waals surface area contributed by atoms with E-state index in [1.807, 2.05) is 12.2 Å². The van der Waals surface area contributed by atoms with Gasteiger partial charge in [0.2, 0.25) is 0 Å². The molecule has 0 amide bonds. The largest absolute Gasteiger partial charge is 0.393 e. The van der Waals surface area contributed by atoms with Crippen molar-refractivity contribution in [3.63, 3.8) is 0 Å². The minimum absolute atomic E-state index is 0.216. The van der Waals surface area contributed by atoms with E-state index in [0.29, 0.717) is 0 Å². The van der Waals surface area contributed by atoms with E-state index in [0.717, 1.165) is 12.3 Å². The van der Waals surface area contributed by atoms with Gasteiger partial charge < -0.3 is 4.74 Å². The predicted molar refractivity (Wildman–Crippen MR) is 122 cm³/mol. The highest BCUT2D eigenvalue weighted by Gasteiger charge is 2.30. The molecule has 168 valence electrons. The molecule has 1 aliphatic heterocycles. The minimum atomic E-state index is -0.392. The average molecular weight is 407 g/mol. The van der Waals surface area contributed by atoms with Crippen LogP contribution in [0.5, 0.6) is 0 Å². The predicted octanol–water partition coefficient (Wildman–Crippen LogP) is 7.92. The van der Waals surface area contributed by atoms with Crippen LogP contribution in [-0.4, -0.2) is 11.9 Å². The Morgan fingerprint density at radius 2 is 1.21 bits per heavy atom. The number of carbonyl (C=O) groups excluding carboxylic acids is 2. The molecule has 1 fully saturated rings. The van der Waals surface area contributed by atoms with Gasteiger partial charge in [-0.15, -0.1) is 0 Å². The summed E-state index contributed by atoms with van der Waals surface area (Å²) in [4.78, 5) is 22.3. The van der Waals surface area contributed by atoms with Crippen molar-refractivity contribution in [1.29, 1.82) is 0 Å². The first kappa shape index (κ1) is 25.9. The summed E-state index contributed by atoms with van der Waals surface area (Å²) in [6, 6.07) is 0. The van der Waals surface area contributed by atoms with Gasteiger partial charge in [0.25, 0.3) is 0 Å². The maximum absolute atomic E-state index is 11.3. The van der Waals surface area contributed by atoms with Crippen LogP contribution < -0.4 is 0 Å². The molecule has 0 aromatic carbocycles. The number of carbonyl (C=O) groups is 2. The molecule has 3 nitrogen and oxygen atoms in total. The lowest BCUT2D eigenvalue weighted by molar-refractivity contribution is -0.152. The van der Waals surface area contributed by atoms with Crippen LogP contribution in [0, 0.1) is 11.8 Å². The van der Waals surface area contributed by atoms with E-state index in [-0.39, 0.29) is 18.3 Å². The average Bonchev–Trinajstić information content (AvgIpc) is 3.00. The van der Waals surface area contributed by atoms with Gasteiger partial charge in [-0.1, -0.05) is 122 Å². The summed E-state index contributed by atoms with van der Waals surface area (Å²) in [5.41, 5.74) is 0. The molecule has 3 heteroatoms. The molecular weight excluding hydrogens is 360 g/mol. The van der Waals surface area contributed by atoms with Crippen LogP contribution in [0.25, 0.3) is 0 Å². The number of esters is 2. The molecule has 1 heterocycles. The molecule has 1 saturated heterocycles. The molecular formula is C26H46O3. The van der Waals surface area contributed by atoms with E-state index in [2.05, 4.69) is 18.6 Å². The van der Waals surface area contributed by atoms with E-state index in [1.54, 1.807) is 0 Å². The number of hydrogen-bond acceptors (Lipinski definition) is 3. The normalized spacial score (nSPS) is 17.0. The van der Waals surface area contributed by atoms with Gasteiger partial charge in [0.15, 0.2) is 0 Å². The SMILES string of the molecule is CC(C)CCCCCCCCCCCCCCCCCC=CC1CC(=O)OC1=O. The van der Waals surface area contributed by atoms with Crippen molar-refractivity contribution in [2.24, 2.45) is 11.8 Å². The Bertz CT molecular complexity index is 453. The number of hydrogen-bond donors (Lipinski definition) is 0. The Morgan fingerprint density at radius 3 is 1.62 bits per heavy atom. The molecule has 1 unspecified atom stereocenters. The molecule has 0 N–H and O–H groups in total. The summed E-state index contributed by atoms with van der Waals surface area (Å²) in [5.74, 6) is -0.242. The van der Waals surface area contributed by atoms with Gasteiger partial charge in [-0.2, -0.15) is 0 Å². The number of cyclic esters (lactones) is 2. The molecule has 0 spiro atoms. The zero-order valence-electron chi connectivity index (χ0n) is 19.3. The van der Waals surface area contributed by atoms with Gasteiger partial charge >= 0.3 is 11.9 Å². The van der Waals surface area contributed by atoms with Crippen LogP contribution in [0.4, 0.5) is 0 Å². The smallest absolute Gasteiger partial charge is 0.321 e. The highest BCUT2D eigenvalue weighted by Crippen LogP contribution is 2.18. The first-order valence-corrected chi connectivity index (χ1v) is 12.5. The third kappa shape index (κ3) is 15.4. The molecule has 0 bridgehead atoms. The lowest BCUT2D eigenvalue weighted by Gasteiger charge is -2.05. The minimum Gasteiger partial charge on any atom is -0.393 e. The van der Waals surface area contributed by atoms with Gasteiger partial charge in [0.05, 0.1) is 12.3 Å². The van der Waals surface area contributed by atoms with Gasteiger partial charge in [0.1, 0.15) is 0 Å². The number of allylic oxidation sites excluding steroid dienone is 1. The van der Waals surface area contributed by atoms with Crippen LogP contribution in [0.3, 0.4) is 0 Å². The fourth-order valence-electron chi connectivity index (χ4n) is 4.01. The zero-order chi connectivity index (χ0) is 21.2. The van der Waals surface area contributed by atoms with E-state index in [1.165, 1.54) is 103 Å². The molecule has 0 radical (unpaired) electrons. The first-order valence-electron chi connectivity index (χ1n) is 12.5. The maximum Gasteiger partial charge on any atom is 0.321 e. The Labute approximate surface area is 180 Å². The molecule has 1 aliphatic rings. The summed E-state index contributed by atoms with van der Waals surface area (Å²) in [6.45, 7) is 4.65. The summed E-state index contributed by atoms with van der Waals surface area (Å²) < 4.78 is 4.54. The van der Waals surface area contributed by atoms with Gasteiger partial charge in [0, 0.05) is 0 Å². The fourth-order valence-corrected chi connectivity index (χ4v) is 4.01. The summed E-state index contributed by atoms with van der Waals surface area (Å²) >= 11 is 0. The standard InChI is InChI=1S/C26H46O3/c1-23(2)20-18-16-14-12-10-8-6-4-3-5-7-9-11-13-15-17-19-21-24-22-25(27)29-26(24)28/h19,21,23-24H,3-18,20,22H2,1-2H3. The second-order valence-corrected chi connectivity index (χ2v) is 9.31. The van der Waals surface area contributed by atoms with Crippen molar-refractivity contribution in [2.45, 2.75) is 129 Å². The Balaban J connectivity index is 1.73. The number of ether oxygens (including phenoxy) is 1. The second kappa shape index (κ2) is 17.7. The first-order chi connectivity index (χ1) is 14.1. The summed E-state index contributed by atoms with van der Waals surface area (Å²) in [5, 5.41) is 0. The highest BCUT2D eigenvalue weighted by molar-refractivity contribution is 5.95. The zero-order valence-corrected chi connectivity index (χ0v) is 19.3. The van der Waals surface area contributed by atoms with Crippen molar-refractivity contribution >= 4 is 11.9 Å². The highest BCUT2D eigenvalue weighted by atomic mass is 16.6. The molecule has 1 atom stereocenters. The molecule has 0 saturated carbocycles. The summed E-state index contributed by atoms with van der Waals surface area (Å²) in [6.07, 6.45) is 27.2. The molecule has 29 heavy (non-hydrogen) atoms. The van der Waals surface area contributed by atoms with Crippen molar-refractivity contribution < 1.29 is 14.3 Å². The molecule has 0 aromatic rings. The third-order valence-corrected chi connectivity index (χ3v) is 5.92. The van der Waals surface area contributed by atoms with Crippen LogP contribution in [0.1, 0.15) is 129 Å². The van der Waals surface area contributed by atoms with Gasteiger partial charge in [-0.05, 0) is 18.8 Å². The van der Waals surface area contributed by atoms with E-state index >= 15 is 0 Å². The summed E-state index contributed by atoms with van der Waals surface area (Å²) in [7, 11) is 0. The van der Waals surface area contributed by atoms with Gasteiger partial charge in [-0.25, -0.2) is 0 Å². The van der Waals surface area contributed by atoms with Crippen LogP contribution in [0.15, 0.2) is 12.2 Å². The number of rotatable bonds is 19. The van der Waals surface area contributed by atoms with Crippen LogP contribution >= 0.6 is 0 Å². The molecule has 1 rings (SSSR count). The fraction of sp³-hybridized carbons (Fsp3) is 0.846. The van der Waals surface area contributed by atoms with Crippen molar-refractivity contribution in [1.82, 2.24) is 0 Å². The van der Waals surface area contributed by atoms with E-state index in [9.17, 15) is 9.59 Å². The maximum atomic E-state index is 11.3. The Hall–Kier alpha value is -1.12. The monoisotopic (exact) mass is 406 g/mol.